The van der Waals surface area contributed by atoms with E-state index in [-0.39, 0.29) is 0 Å². The normalized spacial score (nSPS) is 38.2. The van der Waals surface area contributed by atoms with E-state index >= 15 is 0 Å². The molecule has 0 bridgehead atoms. The molecule has 3 atom stereocenters. The summed E-state index contributed by atoms with van der Waals surface area (Å²) in [5.41, 5.74) is 0.457. The van der Waals surface area contributed by atoms with Gasteiger partial charge < -0.3 is 10.1 Å². The van der Waals surface area contributed by atoms with Crippen molar-refractivity contribution in [3.63, 3.8) is 0 Å². The lowest BCUT2D eigenvalue weighted by Crippen LogP contribution is -2.46. The van der Waals surface area contributed by atoms with Crippen molar-refractivity contribution in [1.29, 1.82) is 0 Å². The molecule has 1 aliphatic heterocycles. The topological polar surface area (TPSA) is 21.3 Å². The van der Waals surface area contributed by atoms with Gasteiger partial charge >= 0.3 is 0 Å². The Morgan fingerprint density at radius 2 is 2.00 bits per heavy atom. The first-order valence-electron chi connectivity index (χ1n) is 6.42. The Kier molecular flexibility index (Phi) is 3.36. The van der Waals surface area contributed by atoms with Gasteiger partial charge in [-0.2, -0.15) is 0 Å². The van der Waals surface area contributed by atoms with E-state index in [9.17, 15) is 0 Å². The summed E-state index contributed by atoms with van der Waals surface area (Å²) < 4.78 is 5.91. The van der Waals surface area contributed by atoms with E-state index in [1.54, 1.807) is 0 Å². The molecule has 88 valence electrons. The second-order valence-corrected chi connectivity index (χ2v) is 6.20. The van der Waals surface area contributed by atoms with Crippen molar-refractivity contribution < 1.29 is 4.74 Å². The summed E-state index contributed by atoms with van der Waals surface area (Å²) in [5, 5.41) is 3.66. The molecular formula is C13H25NO. The molecule has 2 aliphatic rings. The highest BCUT2D eigenvalue weighted by atomic mass is 16.5. The number of hydrogen-bond donors (Lipinski definition) is 1. The molecule has 1 saturated heterocycles. The standard InChI is InChI=1S/C13H25NO/c1-13(2,3)10-5-6-12-11(9-10)14-7-4-8-15-12/h10-12,14H,4-9H2,1-3H3. The van der Waals surface area contributed by atoms with Crippen molar-refractivity contribution in [1.82, 2.24) is 5.32 Å². The lowest BCUT2D eigenvalue weighted by molar-refractivity contribution is -0.00591. The smallest absolute Gasteiger partial charge is 0.0728 e. The molecule has 1 heterocycles. The molecule has 1 aliphatic carbocycles. The van der Waals surface area contributed by atoms with Crippen LogP contribution in [0.1, 0.15) is 46.5 Å². The molecule has 0 radical (unpaired) electrons. The average Bonchev–Trinajstić information content (AvgIpc) is 2.39. The lowest BCUT2D eigenvalue weighted by atomic mass is 9.70. The number of rotatable bonds is 0. The van der Waals surface area contributed by atoms with Gasteiger partial charge in [0, 0.05) is 12.6 Å². The van der Waals surface area contributed by atoms with Gasteiger partial charge in [0.1, 0.15) is 0 Å². The largest absolute Gasteiger partial charge is 0.377 e. The molecule has 1 saturated carbocycles. The van der Waals surface area contributed by atoms with E-state index < -0.39 is 0 Å². The monoisotopic (exact) mass is 211 g/mol. The molecule has 2 nitrogen and oxygen atoms in total. The van der Waals surface area contributed by atoms with Crippen LogP contribution in [0.3, 0.4) is 0 Å². The summed E-state index contributed by atoms with van der Waals surface area (Å²) in [6.45, 7) is 9.20. The molecule has 0 aromatic carbocycles. The summed E-state index contributed by atoms with van der Waals surface area (Å²) in [5.74, 6) is 0.855. The highest BCUT2D eigenvalue weighted by molar-refractivity contribution is 4.90. The van der Waals surface area contributed by atoms with Crippen LogP contribution in [0.25, 0.3) is 0 Å². The number of hydrogen-bond acceptors (Lipinski definition) is 2. The Labute approximate surface area is 93.8 Å². The minimum atomic E-state index is 0.457. The first-order valence-corrected chi connectivity index (χ1v) is 6.42. The fourth-order valence-corrected chi connectivity index (χ4v) is 2.94. The van der Waals surface area contributed by atoms with Gasteiger partial charge in [0.15, 0.2) is 0 Å². The quantitative estimate of drug-likeness (QED) is 0.665. The van der Waals surface area contributed by atoms with Crippen molar-refractivity contribution in [2.75, 3.05) is 13.2 Å². The third-order valence-corrected chi connectivity index (χ3v) is 4.07. The van der Waals surface area contributed by atoms with Gasteiger partial charge in [-0.25, -0.2) is 0 Å². The Bertz CT molecular complexity index is 209. The zero-order valence-electron chi connectivity index (χ0n) is 10.4. The molecule has 0 aromatic rings. The Balaban J connectivity index is 1.97. The Morgan fingerprint density at radius 3 is 2.73 bits per heavy atom. The number of fused-ring (bicyclic) bond motifs is 1. The van der Waals surface area contributed by atoms with Crippen molar-refractivity contribution >= 4 is 0 Å². The molecule has 3 unspecified atom stereocenters. The zero-order chi connectivity index (χ0) is 10.9. The number of ether oxygens (including phenoxy) is 1. The van der Waals surface area contributed by atoms with Gasteiger partial charge in [-0.1, -0.05) is 20.8 Å². The molecule has 15 heavy (non-hydrogen) atoms. The first kappa shape index (κ1) is 11.4. The summed E-state index contributed by atoms with van der Waals surface area (Å²) >= 11 is 0. The van der Waals surface area contributed by atoms with Crippen molar-refractivity contribution in [3.05, 3.63) is 0 Å². The van der Waals surface area contributed by atoms with E-state index in [1.807, 2.05) is 0 Å². The third-order valence-electron chi connectivity index (χ3n) is 4.07. The summed E-state index contributed by atoms with van der Waals surface area (Å²) in [4.78, 5) is 0. The van der Waals surface area contributed by atoms with Gasteiger partial charge in [0.05, 0.1) is 6.10 Å². The van der Waals surface area contributed by atoms with Gasteiger partial charge in [-0.3, -0.25) is 0 Å². The third kappa shape index (κ3) is 2.73. The molecule has 0 amide bonds. The van der Waals surface area contributed by atoms with Gasteiger partial charge in [0.2, 0.25) is 0 Å². The molecule has 0 spiro atoms. The number of nitrogens with one attached hydrogen (secondary N) is 1. The summed E-state index contributed by atoms with van der Waals surface area (Å²) in [6, 6.07) is 0.616. The second kappa shape index (κ2) is 4.42. The Morgan fingerprint density at radius 1 is 1.20 bits per heavy atom. The van der Waals surface area contributed by atoms with Crippen LogP contribution in [0.2, 0.25) is 0 Å². The fraction of sp³-hybridized carbons (Fsp3) is 1.00. The first-order chi connectivity index (χ1) is 7.07. The highest BCUT2D eigenvalue weighted by Crippen LogP contribution is 2.39. The molecule has 0 aromatic heterocycles. The lowest BCUT2D eigenvalue weighted by Gasteiger charge is -2.41. The van der Waals surface area contributed by atoms with Gasteiger partial charge in [0.25, 0.3) is 0 Å². The van der Waals surface area contributed by atoms with Crippen LogP contribution in [0, 0.1) is 11.3 Å². The zero-order valence-corrected chi connectivity index (χ0v) is 10.4. The van der Waals surface area contributed by atoms with E-state index in [1.165, 1.54) is 25.7 Å². The van der Waals surface area contributed by atoms with E-state index in [0.717, 1.165) is 19.1 Å². The maximum Gasteiger partial charge on any atom is 0.0728 e. The highest BCUT2D eigenvalue weighted by Gasteiger charge is 2.36. The van der Waals surface area contributed by atoms with Gasteiger partial charge in [-0.15, -0.1) is 0 Å². The SMILES string of the molecule is CC(C)(C)C1CCC2OCCCNC2C1. The van der Waals surface area contributed by atoms with Crippen LogP contribution in [0.15, 0.2) is 0 Å². The second-order valence-electron chi connectivity index (χ2n) is 6.20. The van der Waals surface area contributed by atoms with Crippen LogP contribution < -0.4 is 5.32 Å². The van der Waals surface area contributed by atoms with E-state index in [4.69, 9.17) is 4.74 Å². The maximum atomic E-state index is 5.91. The van der Waals surface area contributed by atoms with E-state index in [2.05, 4.69) is 26.1 Å². The van der Waals surface area contributed by atoms with Crippen LogP contribution >= 0.6 is 0 Å². The Hall–Kier alpha value is -0.0800. The predicted molar refractivity (Wildman–Crippen MR) is 62.9 cm³/mol. The predicted octanol–water partition coefficient (Wildman–Crippen LogP) is 2.58. The van der Waals surface area contributed by atoms with Crippen molar-refractivity contribution in [2.45, 2.75) is 58.6 Å². The molecule has 2 fully saturated rings. The van der Waals surface area contributed by atoms with Crippen molar-refractivity contribution in [2.24, 2.45) is 11.3 Å². The fourth-order valence-electron chi connectivity index (χ4n) is 2.94. The van der Waals surface area contributed by atoms with Crippen molar-refractivity contribution in [3.8, 4) is 0 Å². The molecule has 2 rings (SSSR count). The minimum Gasteiger partial charge on any atom is -0.377 e. The summed E-state index contributed by atoms with van der Waals surface area (Å²) in [6.07, 6.45) is 5.55. The summed E-state index contributed by atoms with van der Waals surface area (Å²) in [7, 11) is 0. The van der Waals surface area contributed by atoms with Crippen LogP contribution in [-0.2, 0) is 4.74 Å². The van der Waals surface area contributed by atoms with Crippen LogP contribution in [0.4, 0.5) is 0 Å². The maximum absolute atomic E-state index is 5.91. The molecule has 1 N–H and O–H groups in total. The molecule has 2 heteroatoms. The van der Waals surface area contributed by atoms with Crippen LogP contribution in [-0.4, -0.2) is 25.3 Å². The van der Waals surface area contributed by atoms with Crippen LogP contribution in [0.5, 0.6) is 0 Å². The molecular weight excluding hydrogens is 186 g/mol. The van der Waals surface area contributed by atoms with Gasteiger partial charge in [-0.05, 0) is 43.6 Å². The minimum absolute atomic E-state index is 0.457. The van der Waals surface area contributed by atoms with E-state index in [0.29, 0.717) is 17.6 Å². The average molecular weight is 211 g/mol.